The fourth-order valence-corrected chi connectivity index (χ4v) is 2.41. The lowest BCUT2D eigenvalue weighted by Crippen LogP contribution is -2.28. The number of thioether (sulfide) groups is 1. The van der Waals surface area contributed by atoms with Crippen molar-refractivity contribution in [1.29, 1.82) is 0 Å². The largest absolute Gasteiger partial charge is 0.508 e. The van der Waals surface area contributed by atoms with E-state index in [0.29, 0.717) is 5.75 Å². The van der Waals surface area contributed by atoms with Crippen LogP contribution in [0.1, 0.15) is 5.56 Å². The van der Waals surface area contributed by atoms with E-state index < -0.39 is 0 Å². The summed E-state index contributed by atoms with van der Waals surface area (Å²) in [5.74, 6) is 1.32. The molecule has 1 heterocycles. The highest BCUT2D eigenvalue weighted by atomic mass is 32.2. The summed E-state index contributed by atoms with van der Waals surface area (Å²) < 4.78 is 0. The van der Waals surface area contributed by atoms with Gasteiger partial charge in [0, 0.05) is 16.7 Å². The molecule has 0 radical (unpaired) electrons. The van der Waals surface area contributed by atoms with Gasteiger partial charge in [0.1, 0.15) is 5.75 Å². The third kappa shape index (κ3) is 1.42. The molecule has 1 aromatic rings. The predicted molar refractivity (Wildman–Crippen MR) is 50.5 cm³/mol. The molecule has 3 heteroatoms. The normalized spacial score (nSPS) is 21.9. The van der Waals surface area contributed by atoms with E-state index >= 15 is 0 Å². The van der Waals surface area contributed by atoms with Gasteiger partial charge >= 0.3 is 0 Å². The lowest BCUT2D eigenvalue weighted by molar-refractivity contribution is 0.473. The highest BCUT2D eigenvalue weighted by Gasteiger charge is 2.15. The summed E-state index contributed by atoms with van der Waals surface area (Å²) in [5, 5.41) is 9.22. The van der Waals surface area contributed by atoms with Crippen molar-refractivity contribution in [1.82, 2.24) is 0 Å². The monoisotopic (exact) mass is 181 g/mol. The molecule has 1 atom stereocenters. The molecule has 2 nitrogen and oxygen atoms in total. The average Bonchev–Trinajstić information content (AvgIpc) is 2.03. The van der Waals surface area contributed by atoms with Crippen molar-refractivity contribution in [3.05, 3.63) is 23.8 Å². The van der Waals surface area contributed by atoms with Gasteiger partial charge in [-0.05, 0) is 30.2 Å². The zero-order chi connectivity index (χ0) is 8.55. The van der Waals surface area contributed by atoms with Gasteiger partial charge in [-0.1, -0.05) is 0 Å². The van der Waals surface area contributed by atoms with Gasteiger partial charge in [0.25, 0.3) is 0 Å². The first-order chi connectivity index (χ1) is 5.75. The molecule has 2 rings (SSSR count). The minimum absolute atomic E-state index is 0.240. The summed E-state index contributed by atoms with van der Waals surface area (Å²) in [4.78, 5) is 1.26. The topological polar surface area (TPSA) is 46.2 Å². The molecule has 0 aromatic heterocycles. The Kier molecular flexibility index (Phi) is 1.98. The first kappa shape index (κ1) is 7.95. The molecular formula is C9H11NOS. The molecule has 12 heavy (non-hydrogen) atoms. The maximum Gasteiger partial charge on any atom is 0.115 e. The van der Waals surface area contributed by atoms with Crippen LogP contribution in [0.2, 0.25) is 0 Å². The van der Waals surface area contributed by atoms with Crippen molar-refractivity contribution >= 4 is 11.8 Å². The number of phenolic OH excluding ortho intramolecular Hbond substituents is 1. The Bertz CT molecular complexity index is 301. The molecule has 1 unspecified atom stereocenters. The Morgan fingerprint density at radius 2 is 2.33 bits per heavy atom. The lowest BCUT2D eigenvalue weighted by atomic mass is 10.1. The van der Waals surface area contributed by atoms with Gasteiger partial charge in [-0.3, -0.25) is 0 Å². The predicted octanol–water partition coefficient (Wildman–Crippen LogP) is 1.37. The van der Waals surface area contributed by atoms with Crippen LogP contribution in [0.3, 0.4) is 0 Å². The van der Waals surface area contributed by atoms with Gasteiger partial charge in [-0.15, -0.1) is 11.8 Å². The van der Waals surface area contributed by atoms with Gasteiger partial charge in [0.2, 0.25) is 0 Å². The fourth-order valence-electron chi connectivity index (χ4n) is 1.40. The van der Waals surface area contributed by atoms with Crippen LogP contribution in [0.4, 0.5) is 0 Å². The van der Waals surface area contributed by atoms with E-state index in [1.54, 1.807) is 23.9 Å². The standard InChI is InChI=1S/C9H11NOS/c10-7-3-6-4-8(11)1-2-9(6)12-5-7/h1-2,4,7,11H,3,5,10H2. The van der Waals surface area contributed by atoms with Crippen molar-refractivity contribution in [2.24, 2.45) is 5.73 Å². The van der Waals surface area contributed by atoms with Crippen LogP contribution in [0.25, 0.3) is 0 Å². The van der Waals surface area contributed by atoms with Crippen LogP contribution in [-0.4, -0.2) is 16.9 Å². The number of phenols is 1. The molecule has 1 aliphatic rings. The Morgan fingerprint density at radius 3 is 3.17 bits per heavy atom. The van der Waals surface area contributed by atoms with E-state index in [9.17, 15) is 5.11 Å². The third-order valence-electron chi connectivity index (χ3n) is 1.98. The van der Waals surface area contributed by atoms with Gasteiger partial charge in [0.05, 0.1) is 0 Å². The maximum absolute atomic E-state index is 9.22. The fraction of sp³-hybridized carbons (Fsp3) is 0.333. The number of rotatable bonds is 0. The SMILES string of the molecule is NC1CSc2ccc(O)cc2C1. The molecule has 0 fully saturated rings. The highest BCUT2D eigenvalue weighted by molar-refractivity contribution is 7.99. The van der Waals surface area contributed by atoms with Crippen LogP contribution in [0.5, 0.6) is 5.75 Å². The van der Waals surface area contributed by atoms with E-state index in [2.05, 4.69) is 0 Å². The zero-order valence-corrected chi connectivity index (χ0v) is 7.47. The van der Waals surface area contributed by atoms with Crippen molar-refractivity contribution in [3.63, 3.8) is 0 Å². The van der Waals surface area contributed by atoms with Crippen LogP contribution >= 0.6 is 11.8 Å². The lowest BCUT2D eigenvalue weighted by Gasteiger charge is -2.20. The van der Waals surface area contributed by atoms with E-state index in [1.165, 1.54) is 10.5 Å². The molecule has 3 N–H and O–H groups in total. The van der Waals surface area contributed by atoms with Crippen LogP contribution in [-0.2, 0) is 6.42 Å². The zero-order valence-electron chi connectivity index (χ0n) is 6.66. The first-order valence-electron chi connectivity index (χ1n) is 3.96. The Labute approximate surface area is 75.8 Å². The van der Waals surface area contributed by atoms with Crippen LogP contribution in [0.15, 0.2) is 23.1 Å². The molecule has 0 spiro atoms. The molecule has 0 bridgehead atoms. The van der Waals surface area contributed by atoms with E-state index in [4.69, 9.17) is 5.73 Å². The molecule has 1 aromatic carbocycles. The molecule has 64 valence electrons. The van der Waals surface area contributed by atoms with Gasteiger partial charge in [-0.2, -0.15) is 0 Å². The summed E-state index contributed by atoms with van der Waals surface area (Å²) in [6.07, 6.45) is 0.886. The number of benzene rings is 1. The van der Waals surface area contributed by atoms with Gasteiger partial charge in [0.15, 0.2) is 0 Å². The summed E-state index contributed by atoms with van der Waals surface area (Å²) in [6.45, 7) is 0. The van der Waals surface area contributed by atoms with Gasteiger partial charge < -0.3 is 10.8 Å². The number of hydrogen-bond acceptors (Lipinski definition) is 3. The smallest absolute Gasteiger partial charge is 0.115 e. The van der Waals surface area contributed by atoms with E-state index in [-0.39, 0.29) is 6.04 Å². The molecule has 0 amide bonds. The second-order valence-corrected chi connectivity index (χ2v) is 4.13. The summed E-state index contributed by atoms with van der Waals surface area (Å²) in [5.41, 5.74) is 6.98. The number of aromatic hydroxyl groups is 1. The molecule has 0 aliphatic carbocycles. The minimum Gasteiger partial charge on any atom is -0.508 e. The quantitative estimate of drug-likeness (QED) is 0.635. The van der Waals surface area contributed by atoms with Crippen LogP contribution < -0.4 is 5.73 Å². The number of nitrogens with two attached hydrogens (primary N) is 1. The van der Waals surface area contributed by atoms with Crippen molar-refractivity contribution in [2.45, 2.75) is 17.4 Å². The third-order valence-corrected chi connectivity index (χ3v) is 3.28. The summed E-state index contributed by atoms with van der Waals surface area (Å²) in [6, 6.07) is 5.73. The van der Waals surface area contributed by atoms with E-state index in [1.807, 2.05) is 6.07 Å². The highest BCUT2D eigenvalue weighted by Crippen LogP contribution is 2.31. The minimum atomic E-state index is 0.240. The second-order valence-electron chi connectivity index (χ2n) is 3.07. The molecule has 0 saturated carbocycles. The Balaban J connectivity index is 2.37. The molecule has 0 saturated heterocycles. The van der Waals surface area contributed by atoms with Crippen molar-refractivity contribution < 1.29 is 5.11 Å². The first-order valence-corrected chi connectivity index (χ1v) is 4.94. The van der Waals surface area contributed by atoms with Gasteiger partial charge in [-0.25, -0.2) is 0 Å². The summed E-state index contributed by atoms with van der Waals surface area (Å²) in [7, 11) is 0. The summed E-state index contributed by atoms with van der Waals surface area (Å²) >= 11 is 1.77. The van der Waals surface area contributed by atoms with Crippen molar-refractivity contribution in [2.75, 3.05) is 5.75 Å². The number of hydrogen-bond donors (Lipinski definition) is 2. The Hall–Kier alpha value is -0.670. The average molecular weight is 181 g/mol. The van der Waals surface area contributed by atoms with E-state index in [0.717, 1.165) is 12.2 Å². The second kappa shape index (κ2) is 2.99. The Morgan fingerprint density at radius 1 is 1.50 bits per heavy atom. The van der Waals surface area contributed by atoms with Crippen LogP contribution in [0, 0.1) is 0 Å². The molecule has 1 aliphatic heterocycles. The molecular weight excluding hydrogens is 170 g/mol. The van der Waals surface area contributed by atoms with Crippen molar-refractivity contribution in [3.8, 4) is 5.75 Å². The number of fused-ring (bicyclic) bond motifs is 1. The maximum atomic E-state index is 9.22.